The van der Waals surface area contributed by atoms with Gasteiger partial charge < -0.3 is 19.5 Å². The summed E-state index contributed by atoms with van der Waals surface area (Å²) in [6.45, 7) is 3.70. The van der Waals surface area contributed by atoms with E-state index in [1.807, 2.05) is 43.1 Å². The molecule has 146 valence electrons. The van der Waals surface area contributed by atoms with E-state index in [2.05, 4.69) is 5.32 Å². The molecule has 0 saturated carbocycles. The second-order valence-electron chi connectivity index (χ2n) is 6.35. The summed E-state index contributed by atoms with van der Waals surface area (Å²) in [6.07, 6.45) is 0.838. The zero-order valence-corrected chi connectivity index (χ0v) is 16.5. The fraction of sp³-hybridized carbons (Fsp3) is 0.381. The highest BCUT2D eigenvalue weighted by molar-refractivity contribution is 5.92. The van der Waals surface area contributed by atoms with Crippen LogP contribution < -0.4 is 19.5 Å². The van der Waals surface area contributed by atoms with Crippen molar-refractivity contribution in [3.05, 3.63) is 48.0 Å². The highest BCUT2D eigenvalue weighted by atomic mass is 16.5. The van der Waals surface area contributed by atoms with E-state index in [9.17, 15) is 4.79 Å². The predicted octanol–water partition coefficient (Wildman–Crippen LogP) is 3.35. The van der Waals surface area contributed by atoms with Crippen molar-refractivity contribution >= 4 is 11.6 Å². The molecule has 2 aromatic rings. The third-order valence-corrected chi connectivity index (χ3v) is 4.08. The maximum absolute atomic E-state index is 12.3. The molecule has 6 heteroatoms. The largest absolute Gasteiger partial charge is 0.497 e. The molecule has 0 radical (unpaired) electrons. The molecule has 2 rings (SSSR count). The van der Waals surface area contributed by atoms with Crippen molar-refractivity contribution in [1.29, 1.82) is 0 Å². The van der Waals surface area contributed by atoms with Crippen molar-refractivity contribution in [3.63, 3.8) is 0 Å². The van der Waals surface area contributed by atoms with E-state index >= 15 is 0 Å². The third-order valence-electron chi connectivity index (χ3n) is 4.08. The fourth-order valence-electron chi connectivity index (χ4n) is 2.64. The molecule has 0 unspecified atom stereocenters. The molecular formula is C21H28N2O4. The van der Waals surface area contributed by atoms with Gasteiger partial charge in [0.15, 0.2) is 0 Å². The molecule has 0 aliphatic heterocycles. The van der Waals surface area contributed by atoms with E-state index < -0.39 is 0 Å². The standard InChI is InChI=1S/C21H28N2O4/c1-16-8-5-6-9-20(16)27-11-7-10-23(2)15-21(24)22-17-12-18(25-3)14-19(13-17)26-4/h5-6,8-9,12-14H,7,10-11,15H2,1-4H3,(H,22,24). The first-order valence-corrected chi connectivity index (χ1v) is 8.91. The van der Waals surface area contributed by atoms with Crippen molar-refractivity contribution in [2.24, 2.45) is 0 Å². The molecule has 0 aliphatic rings. The molecule has 6 nitrogen and oxygen atoms in total. The molecule has 1 amide bonds. The molecule has 0 atom stereocenters. The molecule has 0 aromatic heterocycles. The van der Waals surface area contributed by atoms with Crippen LogP contribution in [0.2, 0.25) is 0 Å². The van der Waals surface area contributed by atoms with Crippen LogP contribution in [-0.4, -0.2) is 51.8 Å². The Morgan fingerprint density at radius 2 is 1.74 bits per heavy atom. The number of para-hydroxylation sites is 1. The van der Waals surface area contributed by atoms with E-state index in [0.29, 0.717) is 30.3 Å². The van der Waals surface area contributed by atoms with Crippen molar-refractivity contribution in [3.8, 4) is 17.2 Å². The smallest absolute Gasteiger partial charge is 0.238 e. The second-order valence-corrected chi connectivity index (χ2v) is 6.35. The summed E-state index contributed by atoms with van der Waals surface area (Å²) in [7, 11) is 5.07. The monoisotopic (exact) mass is 372 g/mol. The van der Waals surface area contributed by atoms with Crippen LogP contribution in [0.5, 0.6) is 17.2 Å². The van der Waals surface area contributed by atoms with E-state index in [4.69, 9.17) is 14.2 Å². The Bertz CT molecular complexity index is 726. The fourth-order valence-corrected chi connectivity index (χ4v) is 2.64. The number of nitrogens with one attached hydrogen (secondary N) is 1. The lowest BCUT2D eigenvalue weighted by atomic mass is 10.2. The number of amides is 1. The molecule has 2 aromatic carbocycles. The van der Waals surface area contributed by atoms with Gasteiger partial charge in [-0.3, -0.25) is 9.69 Å². The van der Waals surface area contributed by atoms with E-state index in [1.54, 1.807) is 32.4 Å². The Morgan fingerprint density at radius 3 is 2.37 bits per heavy atom. The zero-order chi connectivity index (χ0) is 19.6. The molecule has 0 saturated heterocycles. The van der Waals surface area contributed by atoms with E-state index in [1.165, 1.54) is 0 Å². The number of anilines is 1. The summed E-state index contributed by atoms with van der Waals surface area (Å²) in [6, 6.07) is 13.2. The van der Waals surface area contributed by atoms with Gasteiger partial charge in [-0.1, -0.05) is 18.2 Å². The minimum atomic E-state index is -0.0902. The number of likely N-dealkylation sites (N-methyl/N-ethyl adjacent to an activating group) is 1. The molecule has 0 aliphatic carbocycles. The molecular weight excluding hydrogens is 344 g/mol. The number of carbonyl (C=O) groups is 1. The quantitative estimate of drug-likeness (QED) is 0.648. The van der Waals surface area contributed by atoms with Crippen molar-refractivity contribution in [2.45, 2.75) is 13.3 Å². The van der Waals surface area contributed by atoms with Crippen LogP contribution in [0.4, 0.5) is 5.69 Å². The lowest BCUT2D eigenvalue weighted by Crippen LogP contribution is -2.31. The van der Waals surface area contributed by atoms with Crippen molar-refractivity contribution in [1.82, 2.24) is 4.90 Å². The van der Waals surface area contributed by atoms with Gasteiger partial charge in [-0.2, -0.15) is 0 Å². The second kappa shape index (κ2) is 10.4. The number of methoxy groups -OCH3 is 2. The summed E-state index contributed by atoms with van der Waals surface area (Å²) in [4.78, 5) is 14.2. The van der Waals surface area contributed by atoms with Gasteiger partial charge in [-0.05, 0) is 32.0 Å². The van der Waals surface area contributed by atoms with Gasteiger partial charge in [0.2, 0.25) is 5.91 Å². The van der Waals surface area contributed by atoms with Gasteiger partial charge in [0.05, 0.1) is 27.4 Å². The molecule has 0 fully saturated rings. The van der Waals surface area contributed by atoms with Crippen LogP contribution in [-0.2, 0) is 4.79 Å². The summed E-state index contributed by atoms with van der Waals surface area (Å²) >= 11 is 0. The lowest BCUT2D eigenvalue weighted by molar-refractivity contribution is -0.117. The molecule has 0 bridgehead atoms. The zero-order valence-electron chi connectivity index (χ0n) is 16.5. The predicted molar refractivity (Wildman–Crippen MR) is 107 cm³/mol. The first-order valence-electron chi connectivity index (χ1n) is 8.91. The molecule has 0 heterocycles. The summed E-state index contributed by atoms with van der Waals surface area (Å²) in [5.74, 6) is 2.08. The number of aryl methyl sites for hydroxylation is 1. The van der Waals surface area contributed by atoms with Crippen LogP contribution in [0.3, 0.4) is 0 Å². The minimum Gasteiger partial charge on any atom is -0.497 e. The van der Waals surface area contributed by atoms with Crippen LogP contribution in [0.15, 0.2) is 42.5 Å². The van der Waals surface area contributed by atoms with E-state index in [-0.39, 0.29) is 5.91 Å². The van der Waals surface area contributed by atoms with Gasteiger partial charge in [0, 0.05) is 30.4 Å². The SMILES string of the molecule is COc1cc(NC(=O)CN(C)CCCOc2ccccc2C)cc(OC)c1. The van der Waals surface area contributed by atoms with Crippen molar-refractivity contribution < 1.29 is 19.0 Å². The van der Waals surface area contributed by atoms with Crippen LogP contribution >= 0.6 is 0 Å². The van der Waals surface area contributed by atoms with Gasteiger partial charge in [0.25, 0.3) is 0 Å². The average molecular weight is 372 g/mol. The first-order chi connectivity index (χ1) is 13.0. The van der Waals surface area contributed by atoms with Gasteiger partial charge in [-0.25, -0.2) is 0 Å². The topological polar surface area (TPSA) is 60.0 Å². The van der Waals surface area contributed by atoms with Crippen LogP contribution in [0.25, 0.3) is 0 Å². The Balaban J connectivity index is 1.74. The Hall–Kier alpha value is -2.73. The molecule has 0 spiro atoms. The Labute approximate surface area is 161 Å². The highest BCUT2D eigenvalue weighted by Crippen LogP contribution is 2.25. The first kappa shape index (κ1) is 20.6. The number of carbonyl (C=O) groups excluding carboxylic acids is 1. The van der Waals surface area contributed by atoms with Crippen molar-refractivity contribution in [2.75, 3.05) is 46.3 Å². The molecule has 27 heavy (non-hydrogen) atoms. The normalized spacial score (nSPS) is 10.6. The number of rotatable bonds is 10. The average Bonchev–Trinajstić information content (AvgIpc) is 2.66. The molecule has 1 N–H and O–H groups in total. The number of nitrogens with zero attached hydrogens (tertiary/aromatic N) is 1. The number of benzene rings is 2. The van der Waals surface area contributed by atoms with Gasteiger partial charge in [-0.15, -0.1) is 0 Å². The highest BCUT2D eigenvalue weighted by Gasteiger charge is 2.09. The maximum atomic E-state index is 12.3. The number of hydrogen-bond acceptors (Lipinski definition) is 5. The number of hydrogen-bond donors (Lipinski definition) is 1. The lowest BCUT2D eigenvalue weighted by Gasteiger charge is -2.17. The summed E-state index contributed by atoms with van der Waals surface area (Å²) in [5.41, 5.74) is 1.77. The third kappa shape index (κ3) is 6.83. The minimum absolute atomic E-state index is 0.0902. The Kier molecular flexibility index (Phi) is 7.95. The summed E-state index contributed by atoms with van der Waals surface area (Å²) < 4.78 is 16.2. The van der Waals surface area contributed by atoms with Crippen LogP contribution in [0, 0.1) is 6.92 Å². The maximum Gasteiger partial charge on any atom is 0.238 e. The Morgan fingerprint density at radius 1 is 1.07 bits per heavy atom. The van der Waals surface area contributed by atoms with E-state index in [0.717, 1.165) is 24.3 Å². The summed E-state index contributed by atoms with van der Waals surface area (Å²) in [5, 5.41) is 2.87. The van der Waals surface area contributed by atoms with Gasteiger partial charge in [0.1, 0.15) is 17.2 Å². The number of ether oxygens (including phenoxy) is 3. The van der Waals surface area contributed by atoms with Gasteiger partial charge >= 0.3 is 0 Å². The van der Waals surface area contributed by atoms with Crippen LogP contribution in [0.1, 0.15) is 12.0 Å².